The summed E-state index contributed by atoms with van der Waals surface area (Å²) in [4.78, 5) is 26.0. The van der Waals surface area contributed by atoms with Gasteiger partial charge in [0.25, 0.3) is 0 Å². The van der Waals surface area contributed by atoms with Crippen LogP contribution in [0.3, 0.4) is 0 Å². The minimum atomic E-state index is -0.619. The van der Waals surface area contributed by atoms with Gasteiger partial charge in [0.05, 0.1) is 6.26 Å². The van der Waals surface area contributed by atoms with Crippen LogP contribution in [0.1, 0.15) is 23.6 Å². The lowest BCUT2D eigenvalue weighted by atomic mass is 10.2. The number of hydrogen-bond donors (Lipinski definition) is 0. The minimum Gasteiger partial charge on any atom is -0.490 e. The molecule has 6 nitrogen and oxygen atoms in total. The SMILES string of the molecule is CC(=O)N1[C@@H](c2ccco2)SC[C@H]1C(=O)OCCOc1cccc(C)c1. The maximum atomic E-state index is 12.4. The highest BCUT2D eigenvalue weighted by Crippen LogP contribution is 2.41. The first-order chi connectivity index (χ1) is 12.6. The van der Waals surface area contributed by atoms with Crippen molar-refractivity contribution < 1.29 is 23.5 Å². The standard InChI is InChI=1S/C19H21NO5S/c1-13-5-3-6-15(11-13)23-9-10-25-19(22)16-12-26-18(20(16)14(2)21)17-7-4-8-24-17/h3-8,11,16,18H,9-10,12H2,1-2H3/t16-,18+/m0/s1. The number of hydrogen-bond acceptors (Lipinski definition) is 6. The van der Waals surface area contributed by atoms with Gasteiger partial charge < -0.3 is 18.8 Å². The van der Waals surface area contributed by atoms with Crippen LogP contribution >= 0.6 is 11.8 Å². The van der Waals surface area contributed by atoms with Crippen LogP contribution in [0.25, 0.3) is 0 Å². The second kappa shape index (κ2) is 8.31. The van der Waals surface area contributed by atoms with Crippen molar-refractivity contribution in [2.75, 3.05) is 19.0 Å². The first kappa shape index (κ1) is 18.4. The van der Waals surface area contributed by atoms with E-state index in [2.05, 4.69) is 0 Å². The molecule has 0 radical (unpaired) electrons. The predicted octanol–water partition coefficient (Wildman–Crippen LogP) is 3.17. The Balaban J connectivity index is 1.53. The molecule has 138 valence electrons. The summed E-state index contributed by atoms with van der Waals surface area (Å²) >= 11 is 1.49. The fourth-order valence-electron chi connectivity index (χ4n) is 2.83. The molecule has 2 heterocycles. The molecule has 1 aromatic carbocycles. The summed E-state index contributed by atoms with van der Waals surface area (Å²) in [5, 5.41) is -0.302. The number of carbonyl (C=O) groups is 2. The summed E-state index contributed by atoms with van der Waals surface area (Å²) in [6, 6.07) is 10.6. The predicted molar refractivity (Wildman–Crippen MR) is 97.8 cm³/mol. The van der Waals surface area contributed by atoms with Gasteiger partial charge >= 0.3 is 5.97 Å². The molecule has 0 spiro atoms. The molecular weight excluding hydrogens is 354 g/mol. The Kier molecular flexibility index (Phi) is 5.88. The molecule has 1 fully saturated rings. The number of thioether (sulfide) groups is 1. The van der Waals surface area contributed by atoms with E-state index >= 15 is 0 Å². The summed E-state index contributed by atoms with van der Waals surface area (Å²) < 4.78 is 16.3. The van der Waals surface area contributed by atoms with E-state index in [9.17, 15) is 9.59 Å². The molecule has 1 saturated heterocycles. The summed E-state index contributed by atoms with van der Waals surface area (Å²) in [6.45, 7) is 3.82. The number of carbonyl (C=O) groups excluding carboxylic acids is 2. The Labute approximate surface area is 156 Å². The number of esters is 1. The molecule has 0 unspecified atom stereocenters. The van der Waals surface area contributed by atoms with Crippen molar-refractivity contribution in [1.82, 2.24) is 4.90 Å². The van der Waals surface area contributed by atoms with Crippen LogP contribution in [0.2, 0.25) is 0 Å². The second-order valence-corrected chi connectivity index (χ2v) is 7.09. The molecule has 1 aliphatic heterocycles. The summed E-state index contributed by atoms with van der Waals surface area (Å²) in [6.07, 6.45) is 1.56. The van der Waals surface area contributed by atoms with Crippen molar-refractivity contribution in [3.63, 3.8) is 0 Å². The van der Waals surface area contributed by atoms with E-state index in [-0.39, 0.29) is 24.5 Å². The Morgan fingerprint density at radius 3 is 2.81 bits per heavy atom. The van der Waals surface area contributed by atoms with Crippen molar-refractivity contribution in [2.45, 2.75) is 25.3 Å². The first-order valence-electron chi connectivity index (χ1n) is 8.36. The first-order valence-corrected chi connectivity index (χ1v) is 9.41. The zero-order valence-corrected chi connectivity index (χ0v) is 15.5. The third-order valence-corrected chi connectivity index (χ3v) is 5.29. The lowest BCUT2D eigenvalue weighted by Crippen LogP contribution is -2.43. The van der Waals surface area contributed by atoms with Gasteiger partial charge in [-0.1, -0.05) is 12.1 Å². The van der Waals surface area contributed by atoms with Crippen molar-refractivity contribution in [3.8, 4) is 5.75 Å². The van der Waals surface area contributed by atoms with E-state index in [0.29, 0.717) is 11.5 Å². The smallest absolute Gasteiger partial charge is 0.329 e. The van der Waals surface area contributed by atoms with Gasteiger partial charge in [-0.3, -0.25) is 4.79 Å². The van der Waals surface area contributed by atoms with Gasteiger partial charge in [-0.2, -0.15) is 0 Å². The lowest BCUT2D eigenvalue weighted by molar-refractivity contribution is -0.154. The number of nitrogens with zero attached hydrogens (tertiary/aromatic N) is 1. The Bertz CT molecular complexity index is 761. The number of benzene rings is 1. The molecule has 26 heavy (non-hydrogen) atoms. The van der Waals surface area contributed by atoms with Crippen LogP contribution in [0.4, 0.5) is 0 Å². The number of aryl methyl sites for hydroxylation is 1. The molecule has 1 amide bonds. The summed E-state index contributed by atoms with van der Waals surface area (Å²) in [7, 11) is 0. The quantitative estimate of drug-likeness (QED) is 0.571. The van der Waals surface area contributed by atoms with Gasteiger partial charge in [0, 0.05) is 12.7 Å². The molecule has 0 aliphatic carbocycles. The van der Waals surface area contributed by atoms with E-state index < -0.39 is 12.0 Å². The van der Waals surface area contributed by atoms with Gasteiger partial charge in [0.15, 0.2) is 0 Å². The van der Waals surface area contributed by atoms with Gasteiger partial charge in [-0.05, 0) is 36.8 Å². The van der Waals surface area contributed by atoms with Gasteiger partial charge in [-0.25, -0.2) is 4.79 Å². The summed E-state index contributed by atoms with van der Waals surface area (Å²) in [5.41, 5.74) is 1.10. The zero-order valence-electron chi connectivity index (χ0n) is 14.7. The molecule has 2 atom stereocenters. The molecule has 1 aromatic heterocycles. The number of furan rings is 1. The van der Waals surface area contributed by atoms with Crippen LogP contribution in [0.5, 0.6) is 5.75 Å². The monoisotopic (exact) mass is 375 g/mol. The van der Waals surface area contributed by atoms with Crippen LogP contribution in [0, 0.1) is 6.92 Å². The highest BCUT2D eigenvalue weighted by molar-refractivity contribution is 7.99. The molecule has 2 aromatic rings. The number of amides is 1. The highest BCUT2D eigenvalue weighted by Gasteiger charge is 2.43. The molecule has 0 bridgehead atoms. The van der Waals surface area contributed by atoms with Gasteiger partial charge in [0.2, 0.25) is 5.91 Å². The van der Waals surface area contributed by atoms with Crippen molar-refractivity contribution in [2.24, 2.45) is 0 Å². The second-order valence-electron chi connectivity index (χ2n) is 5.98. The van der Waals surface area contributed by atoms with E-state index in [1.807, 2.05) is 31.2 Å². The lowest BCUT2D eigenvalue weighted by Gasteiger charge is -2.25. The zero-order chi connectivity index (χ0) is 18.5. The average molecular weight is 375 g/mol. The van der Waals surface area contributed by atoms with Crippen LogP contribution in [0.15, 0.2) is 47.1 Å². The molecular formula is C19H21NO5S. The fourth-order valence-corrected chi connectivity index (χ4v) is 4.24. The van der Waals surface area contributed by atoms with Crippen LogP contribution < -0.4 is 4.74 Å². The summed E-state index contributed by atoms with van der Waals surface area (Å²) in [5.74, 6) is 1.26. The van der Waals surface area contributed by atoms with E-state index in [0.717, 1.165) is 11.3 Å². The molecule has 1 aliphatic rings. The van der Waals surface area contributed by atoms with E-state index in [1.165, 1.54) is 23.6 Å². The number of rotatable bonds is 6. The van der Waals surface area contributed by atoms with Gasteiger partial charge in [-0.15, -0.1) is 11.8 Å². The highest BCUT2D eigenvalue weighted by atomic mass is 32.2. The van der Waals surface area contributed by atoms with E-state index in [4.69, 9.17) is 13.9 Å². The fraction of sp³-hybridized carbons (Fsp3) is 0.368. The van der Waals surface area contributed by atoms with Crippen molar-refractivity contribution in [1.29, 1.82) is 0 Å². The number of ether oxygens (including phenoxy) is 2. The Hall–Kier alpha value is -2.41. The Morgan fingerprint density at radius 1 is 1.27 bits per heavy atom. The largest absolute Gasteiger partial charge is 0.490 e. The molecule has 3 rings (SSSR count). The van der Waals surface area contributed by atoms with Crippen molar-refractivity contribution in [3.05, 3.63) is 54.0 Å². The molecule has 0 saturated carbocycles. The maximum Gasteiger partial charge on any atom is 0.329 e. The molecule has 0 N–H and O–H groups in total. The minimum absolute atomic E-state index is 0.130. The third-order valence-electron chi connectivity index (χ3n) is 4.01. The maximum absolute atomic E-state index is 12.4. The molecule has 7 heteroatoms. The van der Waals surface area contributed by atoms with Crippen LogP contribution in [-0.2, 0) is 14.3 Å². The normalized spacial score (nSPS) is 19.4. The van der Waals surface area contributed by atoms with Gasteiger partial charge in [0.1, 0.15) is 36.1 Å². The third kappa shape index (κ3) is 4.22. The topological polar surface area (TPSA) is 69.0 Å². The van der Waals surface area contributed by atoms with E-state index in [1.54, 1.807) is 18.4 Å². The average Bonchev–Trinajstić information content (AvgIpc) is 3.27. The Morgan fingerprint density at radius 2 is 2.12 bits per heavy atom. The van der Waals surface area contributed by atoms with Crippen LogP contribution in [-0.4, -0.2) is 41.8 Å². The van der Waals surface area contributed by atoms with Crippen molar-refractivity contribution >= 4 is 23.6 Å².